The number of methoxy groups -OCH3 is 1. The van der Waals surface area contributed by atoms with Crippen molar-refractivity contribution in [1.29, 1.82) is 0 Å². The monoisotopic (exact) mass is 264 g/mol. The van der Waals surface area contributed by atoms with Gasteiger partial charge in [-0.05, 0) is 19.4 Å². The van der Waals surface area contributed by atoms with E-state index in [9.17, 15) is 4.79 Å². The molecule has 0 unspecified atom stereocenters. The van der Waals surface area contributed by atoms with Crippen LogP contribution < -0.4 is 0 Å². The number of rotatable bonds is 3. The second-order valence-electron chi connectivity index (χ2n) is 5.17. The van der Waals surface area contributed by atoms with Gasteiger partial charge in [-0.25, -0.2) is 0 Å². The molecule has 0 amide bonds. The lowest BCUT2D eigenvalue weighted by Gasteiger charge is -2.40. The molecule has 2 rings (SSSR count). The van der Waals surface area contributed by atoms with E-state index in [4.69, 9.17) is 14.2 Å². The van der Waals surface area contributed by atoms with E-state index in [-0.39, 0.29) is 24.6 Å². The molecule has 0 aromatic heterocycles. The van der Waals surface area contributed by atoms with Crippen LogP contribution in [0, 0.1) is 0 Å². The summed E-state index contributed by atoms with van der Waals surface area (Å²) in [6.45, 7) is 3.73. The minimum atomic E-state index is -0.697. The van der Waals surface area contributed by atoms with Crippen molar-refractivity contribution in [3.05, 3.63) is 35.9 Å². The van der Waals surface area contributed by atoms with Crippen LogP contribution in [0.2, 0.25) is 0 Å². The van der Waals surface area contributed by atoms with Gasteiger partial charge in [-0.15, -0.1) is 0 Å². The van der Waals surface area contributed by atoms with Crippen molar-refractivity contribution in [3.63, 3.8) is 0 Å². The first-order chi connectivity index (χ1) is 9.00. The number of carbonyl (C=O) groups excluding carboxylic acids is 1. The molecule has 1 saturated heterocycles. The average Bonchev–Trinajstić information content (AvgIpc) is 2.37. The quantitative estimate of drug-likeness (QED) is 0.787. The van der Waals surface area contributed by atoms with Crippen LogP contribution in [0.15, 0.2) is 30.3 Å². The topological polar surface area (TPSA) is 44.8 Å². The number of hydrogen-bond donors (Lipinski definition) is 0. The third-order valence-corrected chi connectivity index (χ3v) is 3.15. The van der Waals surface area contributed by atoms with Crippen LogP contribution in [0.3, 0.4) is 0 Å². The third kappa shape index (κ3) is 3.78. The van der Waals surface area contributed by atoms with Crippen molar-refractivity contribution in [3.8, 4) is 0 Å². The van der Waals surface area contributed by atoms with E-state index < -0.39 is 5.79 Å². The number of benzene rings is 1. The van der Waals surface area contributed by atoms with Crippen molar-refractivity contribution in [2.24, 2.45) is 0 Å². The summed E-state index contributed by atoms with van der Waals surface area (Å²) in [6, 6.07) is 10.00. The third-order valence-electron chi connectivity index (χ3n) is 3.15. The van der Waals surface area contributed by atoms with Crippen molar-refractivity contribution < 1.29 is 19.0 Å². The van der Waals surface area contributed by atoms with Gasteiger partial charge in [0.25, 0.3) is 0 Å². The number of ether oxygens (including phenoxy) is 3. The maximum atomic E-state index is 11.4. The van der Waals surface area contributed by atoms with Gasteiger partial charge in [0, 0.05) is 6.42 Å². The lowest BCUT2D eigenvalue weighted by Crippen LogP contribution is -2.42. The zero-order chi connectivity index (χ0) is 13.9. The van der Waals surface area contributed by atoms with Crippen LogP contribution in [-0.4, -0.2) is 25.0 Å². The molecule has 1 aliphatic heterocycles. The molecule has 0 radical (unpaired) electrons. The van der Waals surface area contributed by atoms with E-state index in [0.717, 1.165) is 5.56 Å². The van der Waals surface area contributed by atoms with Gasteiger partial charge in [-0.1, -0.05) is 30.3 Å². The predicted octanol–water partition coefficient (Wildman–Crippen LogP) is 2.83. The Morgan fingerprint density at radius 3 is 2.63 bits per heavy atom. The van der Waals surface area contributed by atoms with Crippen molar-refractivity contribution in [1.82, 2.24) is 0 Å². The summed E-state index contributed by atoms with van der Waals surface area (Å²) in [4.78, 5) is 11.4. The van der Waals surface area contributed by atoms with Gasteiger partial charge in [0.05, 0.1) is 25.7 Å². The molecule has 19 heavy (non-hydrogen) atoms. The average molecular weight is 264 g/mol. The zero-order valence-corrected chi connectivity index (χ0v) is 11.6. The van der Waals surface area contributed by atoms with Gasteiger partial charge in [-0.3, -0.25) is 4.79 Å². The van der Waals surface area contributed by atoms with Crippen LogP contribution in [0.5, 0.6) is 0 Å². The van der Waals surface area contributed by atoms with E-state index in [1.54, 1.807) is 0 Å². The number of carbonyl (C=O) groups is 1. The van der Waals surface area contributed by atoms with Crippen molar-refractivity contribution in [2.75, 3.05) is 7.11 Å². The molecule has 1 heterocycles. The fraction of sp³-hybridized carbons (Fsp3) is 0.533. The van der Waals surface area contributed by atoms with Crippen molar-refractivity contribution >= 4 is 5.97 Å². The Morgan fingerprint density at radius 2 is 2.00 bits per heavy atom. The van der Waals surface area contributed by atoms with Gasteiger partial charge >= 0.3 is 5.97 Å². The van der Waals surface area contributed by atoms with Crippen LogP contribution in [0.25, 0.3) is 0 Å². The molecule has 0 spiro atoms. The zero-order valence-electron chi connectivity index (χ0n) is 11.6. The molecule has 1 fully saturated rings. The minimum absolute atomic E-state index is 0.0559. The Labute approximate surface area is 113 Å². The second kappa shape index (κ2) is 5.72. The van der Waals surface area contributed by atoms with Crippen molar-refractivity contribution in [2.45, 2.75) is 44.7 Å². The molecule has 0 aliphatic carbocycles. The fourth-order valence-electron chi connectivity index (χ4n) is 2.37. The van der Waals surface area contributed by atoms with Crippen LogP contribution in [0.4, 0.5) is 0 Å². The molecule has 104 valence electrons. The highest BCUT2D eigenvalue weighted by atomic mass is 16.7. The molecule has 0 bridgehead atoms. The van der Waals surface area contributed by atoms with E-state index >= 15 is 0 Å². The minimum Gasteiger partial charge on any atom is -0.469 e. The first-order valence-corrected chi connectivity index (χ1v) is 6.47. The molecule has 1 aliphatic rings. The SMILES string of the molecule is COC(=O)C[C@H]1C[C@@H](c2ccccc2)OC(C)(C)O1. The molecule has 4 nitrogen and oxygen atoms in total. The Balaban J connectivity index is 2.11. The van der Waals surface area contributed by atoms with E-state index in [1.165, 1.54) is 7.11 Å². The van der Waals surface area contributed by atoms with Crippen LogP contribution >= 0.6 is 0 Å². The molecule has 0 N–H and O–H groups in total. The van der Waals surface area contributed by atoms with E-state index in [1.807, 2.05) is 44.2 Å². The molecular weight excluding hydrogens is 244 g/mol. The maximum Gasteiger partial charge on any atom is 0.308 e. The normalized spacial score (nSPS) is 25.8. The lowest BCUT2D eigenvalue weighted by atomic mass is 9.99. The first-order valence-electron chi connectivity index (χ1n) is 6.47. The Kier molecular flexibility index (Phi) is 4.22. The number of hydrogen-bond acceptors (Lipinski definition) is 4. The highest BCUT2D eigenvalue weighted by Gasteiger charge is 2.37. The highest BCUT2D eigenvalue weighted by molar-refractivity contribution is 5.69. The summed E-state index contributed by atoms with van der Waals surface area (Å²) in [5, 5.41) is 0. The summed E-state index contributed by atoms with van der Waals surface area (Å²) in [6.07, 6.45) is 0.677. The molecule has 1 aromatic rings. The largest absolute Gasteiger partial charge is 0.469 e. The molecule has 1 aromatic carbocycles. The molecule has 0 saturated carbocycles. The standard InChI is InChI=1S/C15H20O4/c1-15(2)18-12(10-14(16)17-3)9-13(19-15)11-7-5-4-6-8-11/h4-8,12-13H,9-10H2,1-3H3/t12-,13+/m1/s1. The molecule has 4 heteroatoms. The molecule has 2 atom stereocenters. The first kappa shape index (κ1) is 14.0. The maximum absolute atomic E-state index is 11.4. The second-order valence-corrected chi connectivity index (χ2v) is 5.17. The number of esters is 1. The summed E-state index contributed by atoms with van der Waals surface area (Å²) in [5.74, 6) is -0.952. The predicted molar refractivity (Wildman–Crippen MR) is 70.5 cm³/mol. The Hall–Kier alpha value is -1.39. The molecular formula is C15H20O4. The summed E-state index contributed by atoms with van der Waals surface area (Å²) >= 11 is 0. The summed E-state index contributed by atoms with van der Waals surface area (Å²) < 4.78 is 16.4. The van der Waals surface area contributed by atoms with Gasteiger partial charge in [-0.2, -0.15) is 0 Å². The van der Waals surface area contributed by atoms with E-state index in [2.05, 4.69) is 0 Å². The lowest BCUT2D eigenvalue weighted by molar-refractivity contribution is -0.302. The van der Waals surface area contributed by atoms with Crippen LogP contribution in [0.1, 0.15) is 38.4 Å². The fourth-order valence-corrected chi connectivity index (χ4v) is 2.37. The van der Waals surface area contributed by atoms with E-state index in [0.29, 0.717) is 6.42 Å². The smallest absolute Gasteiger partial charge is 0.308 e. The Morgan fingerprint density at radius 1 is 1.32 bits per heavy atom. The van der Waals surface area contributed by atoms with Gasteiger partial charge in [0.15, 0.2) is 5.79 Å². The van der Waals surface area contributed by atoms with Gasteiger partial charge in [0.2, 0.25) is 0 Å². The van der Waals surface area contributed by atoms with Crippen LogP contribution in [-0.2, 0) is 19.0 Å². The summed E-state index contributed by atoms with van der Waals surface area (Å²) in [5.41, 5.74) is 1.11. The Bertz CT molecular complexity index is 427. The summed E-state index contributed by atoms with van der Waals surface area (Å²) in [7, 11) is 1.39. The van der Waals surface area contributed by atoms with Gasteiger partial charge < -0.3 is 14.2 Å². The highest BCUT2D eigenvalue weighted by Crippen LogP contribution is 2.36. The van der Waals surface area contributed by atoms with Gasteiger partial charge in [0.1, 0.15) is 0 Å².